The monoisotopic (exact) mass is 813 g/mol. The van der Waals surface area contributed by atoms with Gasteiger partial charge in [-0.1, -0.05) is 141 Å². The quantitative estimate of drug-likeness (QED) is 0.0206. The van der Waals surface area contributed by atoms with Crippen molar-refractivity contribution < 1.29 is 52.0 Å². The number of esters is 2. The van der Waals surface area contributed by atoms with E-state index in [9.17, 15) is 28.9 Å². The number of ether oxygens (including phenoxy) is 2. The molecule has 56 heavy (non-hydrogen) atoms. The number of phosphoric acid groups is 1. The van der Waals surface area contributed by atoms with E-state index in [2.05, 4.69) is 13.8 Å². The number of carbonyl (C=O) groups is 3. The second-order valence-electron chi connectivity index (χ2n) is 16.4. The summed E-state index contributed by atoms with van der Waals surface area (Å²) in [6.07, 6.45) is 31.0. The van der Waals surface area contributed by atoms with E-state index in [4.69, 9.17) is 18.5 Å². The number of aliphatic hydroxyl groups excluding tert-OH is 1. The molecular formula is C44H79NO10P+. The number of phosphoric ester groups is 1. The second kappa shape index (κ2) is 31.8. The van der Waals surface area contributed by atoms with Crippen molar-refractivity contribution in [2.45, 2.75) is 167 Å². The average Bonchev–Trinajstić information content (AvgIpc) is 3.49. The number of hydrogen-bond donors (Lipinski definition) is 2. The number of ketones is 1. The third-order valence-electron chi connectivity index (χ3n) is 9.92. The molecule has 0 saturated heterocycles. The van der Waals surface area contributed by atoms with Crippen molar-refractivity contribution in [3.05, 3.63) is 36.5 Å². The van der Waals surface area contributed by atoms with Crippen molar-refractivity contribution in [2.75, 3.05) is 47.5 Å². The van der Waals surface area contributed by atoms with Gasteiger partial charge in [0.2, 0.25) is 0 Å². The summed E-state index contributed by atoms with van der Waals surface area (Å²) in [6.45, 7) is 4.08. The zero-order valence-electron chi connectivity index (χ0n) is 35.7. The second-order valence-corrected chi connectivity index (χ2v) is 17.9. The third-order valence-corrected chi connectivity index (χ3v) is 10.9. The summed E-state index contributed by atoms with van der Waals surface area (Å²) in [5, 5.41) is 10.2. The molecule has 0 saturated carbocycles. The first-order valence-corrected chi connectivity index (χ1v) is 23.3. The SMILES string of the molecule is CCCCCCCCCCCCCCCC(=O)OC[C@H](COP(=O)(O)OCC[N+](C)(C)C)OC(=O)CCC/C=C\CC1C=CC(=O)C1/C=C/C(O)CCCCC. The Kier molecular flexibility index (Phi) is 29.5. The molecule has 0 amide bonds. The van der Waals surface area contributed by atoms with Crippen LogP contribution in [0, 0.1) is 11.8 Å². The number of rotatable bonds is 36. The van der Waals surface area contributed by atoms with Gasteiger partial charge in [-0.2, -0.15) is 0 Å². The lowest BCUT2D eigenvalue weighted by Crippen LogP contribution is -2.37. The van der Waals surface area contributed by atoms with E-state index < -0.39 is 38.6 Å². The standard InChI is InChI=1S/C44H78NO10P/c1-6-8-10-11-12-13-14-15-16-17-18-19-24-28-43(48)52-36-40(37-54-56(50,51)53-35-34-45(3,4)5)55-44(49)29-25-21-20-23-26-38-30-33-42(47)41(38)32-31-39(46)27-22-9-7-2/h20,23,30-33,38-41,46H,6-19,21-22,24-29,34-37H2,1-5H3/p+1/b23-20-,32-31+/t38?,39?,40-,41?/m1/s1. The van der Waals surface area contributed by atoms with Gasteiger partial charge in [0.05, 0.1) is 33.9 Å². The van der Waals surface area contributed by atoms with Gasteiger partial charge in [0.15, 0.2) is 11.9 Å². The maximum absolute atomic E-state index is 12.8. The molecule has 0 bridgehead atoms. The normalized spacial score (nSPS) is 18.2. The summed E-state index contributed by atoms with van der Waals surface area (Å²) in [5.41, 5.74) is 0. The summed E-state index contributed by atoms with van der Waals surface area (Å²) in [6, 6.07) is 0. The maximum atomic E-state index is 12.8. The fourth-order valence-electron chi connectivity index (χ4n) is 6.36. The fourth-order valence-corrected chi connectivity index (χ4v) is 7.10. The Morgan fingerprint density at radius 2 is 1.39 bits per heavy atom. The van der Waals surface area contributed by atoms with Gasteiger partial charge in [-0.25, -0.2) is 4.57 Å². The minimum atomic E-state index is -4.43. The van der Waals surface area contributed by atoms with Gasteiger partial charge in [-0.3, -0.25) is 23.4 Å². The highest BCUT2D eigenvalue weighted by molar-refractivity contribution is 7.47. The number of nitrogens with zero attached hydrogens (tertiary/aromatic N) is 1. The number of carbonyl (C=O) groups excluding carboxylic acids is 3. The molecule has 11 nitrogen and oxygen atoms in total. The van der Waals surface area contributed by atoms with Crippen LogP contribution in [-0.2, 0) is 37.5 Å². The lowest BCUT2D eigenvalue weighted by Gasteiger charge is -2.24. The number of aliphatic hydroxyl groups is 1. The van der Waals surface area contributed by atoms with E-state index in [1.165, 1.54) is 57.8 Å². The van der Waals surface area contributed by atoms with Crippen molar-refractivity contribution in [3.63, 3.8) is 0 Å². The Bertz CT molecular complexity index is 1200. The minimum absolute atomic E-state index is 0.00366. The molecule has 5 atom stereocenters. The highest BCUT2D eigenvalue weighted by atomic mass is 31.2. The van der Waals surface area contributed by atoms with Crippen LogP contribution >= 0.6 is 7.82 Å². The molecule has 0 aliphatic heterocycles. The molecule has 0 spiro atoms. The smallest absolute Gasteiger partial charge is 0.462 e. The van der Waals surface area contributed by atoms with E-state index in [0.717, 1.165) is 38.5 Å². The maximum Gasteiger partial charge on any atom is 0.472 e. The Balaban J connectivity index is 2.49. The van der Waals surface area contributed by atoms with E-state index in [-0.39, 0.29) is 43.7 Å². The molecule has 4 unspecified atom stereocenters. The lowest BCUT2D eigenvalue weighted by atomic mass is 9.90. The van der Waals surface area contributed by atoms with Crippen LogP contribution in [0.25, 0.3) is 0 Å². The van der Waals surface area contributed by atoms with Gasteiger partial charge < -0.3 is 24.0 Å². The highest BCUT2D eigenvalue weighted by Gasteiger charge is 2.28. The summed E-state index contributed by atoms with van der Waals surface area (Å²) >= 11 is 0. The minimum Gasteiger partial charge on any atom is -0.462 e. The molecule has 0 aromatic rings. The van der Waals surface area contributed by atoms with Crippen LogP contribution in [0.15, 0.2) is 36.5 Å². The summed E-state index contributed by atoms with van der Waals surface area (Å²) in [5.74, 6) is -1.17. The van der Waals surface area contributed by atoms with Crippen LogP contribution in [0.5, 0.6) is 0 Å². The van der Waals surface area contributed by atoms with Crippen molar-refractivity contribution in [1.82, 2.24) is 0 Å². The van der Waals surface area contributed by atoms with E-state index in [1.54, 1.807) is 12.2 Å². The number of likely N-dealkylation sites (N-methyl/N-ethyl adjacent to an activating group) is 1. The van der Waals surface area contributed by atoms with Crippen LogP contribution in [0.4, 0.5) is 0 Å². The van der Waals surface area contributed by atoms with Gasteiger partial charge in [-0.05, 0) is 44.1 Å². The zero-order chi connectivity index (χ0) is 41.5. The molecule has 1 aliphatic carbocycles. The molecule has 12 heteroatoms. The fraction of sp³-hybridized carbons (Fsp3) is 0.795. The van der Waals surface area contributed by atoms with Gasteiger partial charge in [-0.15, -0.1) is 0 Å². The molecule has 0 radical (unpaired) electrons. The van der Waals surface area contributed by atoms with Crippen LogP contribution in [0.3, 0.4) is 0 Å². The molecule has 324 valence electrons. The van der Waals surface area contributed by atoms with Gasteiger partial charge >= 0.3 is 19.8 Å². The summed E-state index contributed by atoms with van der Waals surface area (Å²) in [4.78, 5) is 47.9. The lowest BCUT2D eigenvalue weighted by molar-refractivity contribution is -0.870. The molecular weight excluding hydrogens is 733 g/mol. The van der Waals surface area contributed by atoms with Gasteiger partial charge in [0.1, 0.15) is 19.8 Å². The molecule has 0 aromatic heterocycles. The number of unbranched alkanes of at least 4 members (excludes halogenated alkanes) is 15. The van der Waals surface area contributed by atoms with Crippen molar-refractivity contribution >= 4 is 25.5 Å². The first-order valence-electron chi connectivity index (χ1n) is 21.8. The molecule has 0 fully saturated rings. The average molecular weight is 813 g/mol. The van der Waals surface area contributed by atoms with Crippen LogP contribution < -0.4 is 0 Å². The Hall–Kier alpha value is -2.14. The Morgan fingerprint density at radius 1 is 0.804 bits per heavy atom. The van der Waals surface area contributed by atoms with Crippen LogP contribution in [0.1, 0.15) is 155 Å². The van der Waals surface area contributed by atoms with E-state index in [1.807, 2.05) is 45.4 Å². The topological polar surface area (TPSA) is 146 Å². The first-order chi connectivity index (χ1) is 26.8. The molecule has 2 N–H and O–H groups in total. The third kappa shape index (κ3) is 29.1. The number of hydrogen-bond acceptors (Lipinski definition) is 9. The number of quaternary nitrogens is 1. The molecule has 0 aromatic carbocycles. The first kappa shape index (κ1) is 51.9. The molecule has 1 rings (SSSR count). The summed E-state index contributed by atoms with van der Waals surface area (Å²) in [7, 11) is 1.35. The van der Waals surface area contributed by atoms with E-state index >= 15 is 0 Å². The van der Waals surface area contributed by atoms with Gasteiger partial charge in [0.25, 0.3) is 0 Å². The number of allylic oxidation sites excluding steroid dienone is 5. The van der Waals surface area contributed by atoms with Crippen molar-refractivity contribution in [3.8, 4) is 0 Å². The van der Waals surface area contributed by atoms with E-state index in [0.29, 0.717) is 43.1 Å². The van der Waals surface area contributed by atoms with Crippen molar-refractivity contribution in [1.29, 1.82) is 0 Å². The van der Waals surface area contributed by atoms with Gasteiger partial charge in [0, 0.05) is 18.8 Å². The predicted octanol–water partition coefficient (Wildman–Crippen LogP) is 9.75. The van der Waals surface area contributed by atoms with Crippen LogP contribution in [-0.4, -0.2) is 91.9 Å². The largest absolute Gasteiger partial charge is 0.472 e. The predicted molar refractivity (Wildman–Crippen MR) is 224 cm³/mol. The molecule has 0 heterocycles. The zero-order valence-corrected chi connectivity index (χ0v) is 36.6. The highest BCUT2D eigenvalue weighted by Crippen LogP contribution is 2.43. The summed E-state index contributed by atoms with van der Waals surface area (Å²) < 4.78 is 34.2. The van der Waals surface area contributed by atoms with Crippen molar-refractivity contribution in [2.24, 2.45) is 11.8 Å². The Labute approximate surface area is 339 Å². The Morgan fingerprint density at radius 3 is 2.02 bits per heavy atom. The van der Waals surface area contributed by atoms with Crippen LogP contribution in [0.2, 0.25) is 0 Å². The molecule has 1 aliphatic rings.